The molecule has 0 saturated carbocycles. The molecule has 0 aliphatic carbocycles. The van der Waals surface area contributed by atoms with E-state index in [0.29, 0.717) is 9.80 Å². The third-order valence-electron chi connectivity index (χ3n) is 3.34. The van der Waals surface area contributed by atoms with Gasteiger partial charge in [0, 0.05) is 24.3 Å². The lowest BCUT2D eigenvalue weighted by Gasteiger charge is -2.23. The highest BCUT2D eigenvalue weighted by Gasteiger charge is 2.38. The second-order valence-corrected chi connectivity index (χ2v) is 4.85. The number of esters is 2. The average molecular weight is 320 g/mol. The molecule has 2 rings (SSSR count). The van der Waals surface area contributed by atoms with E-state index in [0.717, 1.165) is 24.3 Å². The van der Waals surface area contributed by atoms with Gasteiger partial charge in [-0.25, -0.2) is 9.59 Å². The number of carbonyl (C=O) groups is 6. The van der Waals surface area contributed by atoms with Crippen LogP contribution in [0.15, 0.2) is 24.3 Å². The van der Waals surface area contributed by atoms with Gasteiger partial charge in [0.1, 0.15) is 12.1 Å². The van der Waals surface area contributed by atoms with E-state index in [1.54, 1.807) is 0 Å². The minimum Gasteiger partial charge on any atom is -0.390 e. The molecule has 2 atom stereocenters. The number of hydrogen-bond acceptors (Lipinski definition) is 7. The van der Waals surface area contributed by atoms with Gasteiger partial charge in [0.2, 0.25) is 0 Å². The summed E-state index contributed by atoms with van der Waals surface area (Å²) in [5.41, 5.74) is 0. The van der Waals surface area contributed by atoms with Crippen LogP contribution in [0.4, 0.5) is 0 Å². The molecule has 0 fully saturated rings. The lowest BCUT2D eigenvalue weighted by atomic mass is 10.2. The molecule has 0 saturated heterocycles. The normalized spacial score (nSPS) is 19.6. The van der Waals surface area contributed by atoms with Gasteiger partial charge >= 0.3 is 11.9 Å². The van der Waals surface area contributed by atoms with E-state index in [4.69, 9.17) is 0 Å². The summed E-state index contributed by atoms with van der Waals surface area (Å²) in [6, 6.07) is -2.63. The predicted octanol–water partition coefficient (Wildman–Crippen LogP) is -1.32. The van der Waals surface area contributed by atoms with Crippen LogP contribution in [0.5, 0.6) is 0 Å². The van der Waals surface area contributed by atoms with Crippen LogP contribution in [0.25, 0.3) is 0 Å². The molecule has 9 nitrogen and oxygen atoms in total. The van der Waals surface area contributed by atoms with Crippen molar-refractivity contribution in [3.05, 3.63) is 24.3 Å². The van der Waals surface area contributed by atoms with Crippen LogP contribution >= 0.6 is 0 Å². The molecule has 0 aromatic heterocycles. The van der Waals surface area contributed by atoms with Crippen molar-refractivity contribution in [1.29, 1.82) is 0 Å². The topological polar surface area (TPSA) is 118 Å². The first-order chi connectivity index (χ1) is 10.7. The number of nitrogens with zero attached hydrogens (tertiary/aromatic N) is 2. The summed E-state index contributed by atoms with van der Waals surface area (Å²) in [6.45, 7) is 2.44. The van der Waals surface area contributed by atoms with E-state index >= 15 is 0 Å². The van der Waals surface area contributed by atoms with Crippen molar-refractivity contribution in [3.8, 4) is 0 Å². The zero-order valence-corrected chi connectivity index (χ0v) is 12.2. The van der Waals surface area contributed by atoms with Crippen molar-refractivity contribution in [3.63, 3.8) is 0 Å². The smallest absolute Gasteiger partial charge is 0.336 e. The third-order valence-corrected chi connectivity index (χ3v) is 3.34. The molecule has 4 amide bonds. The van der Waals surface area contributed by atoms with Gasteiger partial charge < -0.3 is 4.74 Å². The highest BCUT2D eigenvalue weighted by molar-refractivity contribution is 6.16. The lowest BCUT2D eigenvalue weighted by molar-refractivity contribution is -0.170. The van der Waals surface area contributed by atoms with Crippen molar-refractivity contribution in [2.45, 2.75) is 25.9 Å². The van der Waals surface area contributed by atoms with Crippen molar-refractivity contribution in [1.82, 2.24) is 9.80 Å². The van der Waals surface area contributed by atoms with Crippen molar-refractivity contribution in [2.24, 2.45) is 0 Å². The first-order valence-electron chi connectivity index (χ1n) is 6.60. The van der Waals surface area contributed by atoms with Crippen LogP contribution in [0.1, 0.15) is 13.8 Å². The Kier molecular flexibility index (Phi) is 4.21. The molecule has 2 unspecified atom stereocenters. The van der Waals surface area contributed by atoms with Gasteiger partial charge in [0.25, 0.3) is 23.6 Å². The number of carbonyl (C=O) groups excluding carboxylic acids is 6. The van der Waals surface area contributed by atoms with Gasteiger partial charge in [0.05, 0.1) is 0 Å². The van der Waals surface area contributed by atoms with Crippen LogP contribution in [0.3, 0.4) is 0 Å². The molecule has 120 valence electrons. The number of ether oxygens (including phenoxy) is 1. The minimum absolute atomic E-state index is 0.633. The molecular formula is C14H12N2O7. The molecule has 0 spiro atoms. The quantitative estimate of drug-likeness (QED) is 0.358. The maximum Gasteiger partial charge on any atom is 0.336 e. The Balaban J connectivity index is 2.01. The Labute approximate surface area is 130 Å². The molecular weight excluding hydrogens is 308 g/mol. The SMILES string of the molecule is CC(C(=O)OC(=O)C(C)N1C(=O)C=CC1=O)N1C(=O)C=CC1=O. The predicted molar refractivity (Wildman–Crippen MR) is 72.0 cm³/mol. The molecule has 2 heterocycles. The lowest BCUT2D eigenvalue weighted by Crippen LogP contribution is -2.48. The summed E-state index contributed by atoms with van der Waals surface area (Å²) in [5.74, 6) is -5.08. The van der Waals surface area contributed by atoms with Gasteiger partial charge in [-0.1, -0.05) is 0 Å². The van der Waals surface area contributed by atoms with Crippen LogP contribution in [-0.2, 0) is 33.5 Å². The summed E-state index contributed by atoms with van der Waals surface area (Å²) < 4.78 is 4.57. The molecule has 0 bridgehead atoms. The average Bonchev–Trinajstić information content (AvgIpc) is 3.00. The summed E-state index contributed by atoms with van der Waals surface area (Å²) in [5, 5.41) is 0. The fourth-order valence-electron chi connectivity index (χ4n) is 2.07. The molecule has 2 aliphatic heterocycles. The first kappa shape index (κ1) is 16.3. The zero-order chi connectivity index (χ0) is 17.3. The van der Waals surface area contributed by atoms with E-state index < -0.39 is 47.7 Å². The number of hydrogen-bond donors (Lipinski definition) is 0. The molecule has 0 aromatic rings. The highest BCUT2D eigenvalue weighted by atomic mass is 16.6. The number of rotatable bonds is 4. The zero-order valence-electron chi connectivity index (χ0n) is 12.2. The minimum atomic E-state index is -1.32. The number of imide groups is 2. The monoisotopic (exact) mass is 320 g/mol. The van der Waals surface area contributed by atoms with Crippen LogP contribution in [-0.4, -0.2) is 57.5 Å². The highest BCUT2D eigenvalue weighted by Crippen LogP contribution is 2.13. The molecule has 2 aliphatic rings. The fourth-order valence-corrected chi connectivity index (χ4v) is 2.07. The summed E-state index contributed by atoms with van der Waals surface area (Å²) in [7, 11) is 0. The second kappa shape index (κ2) is 5.95. The van der Waals surface area contributed by atoms with Gasteiger partial charge in [-0.15, -0.1) is 0 Å². The van der Waals surface area contributed by atoms with Gasteiger partial charge in [-0.3, -0.25) is 29.0 Å². The van der Waals surface area contributed by atoms with Crippen molar-refractivity contribution in [2.75, 3.05) is 0 Å². The molecule has 0 N–H and O–H groups in total. The third kappa shape index (κ3) is 2.93. The van der Waals surface area contributed by atoms with Gasteiger partial charge in [0.15, 0.2) is 0 Å². The summed E-state index contributed by atoms with van der Waals surface area (Å²) in [4.78, 5) is 70.9. The second-order valence-electron chi connectivity index (χ2n) is 4.85. The largest absolute Gasteiger partial charge is 0.390 e. The Hall–Kier alpha value is -3.10. The van der Waals surface area contributed by atoms with E-state index in [2.05, 4.69) is 4.74 Å². The Morgan fingerprint density at radius 3 is 1.26 bits per heavy atom. The van der Waals surface area contributed by atoms with Crippen molar-refractivity contribution >= 4 is 35.6 Å². The summed E-state index contributed by atoms with van der Waals surface area (Å²) >= 11 is 0. The van der Waals surface area contributed by atoms with Gasteiger partial charge in [-0.2, -0.15) is 0 Å². The van der Waals surface area contributed by atoms with Crippen molar-refractivity contribution < 1.29 is 33.5 Å². The van der Waals surface area contributed by atoms with Crippen LogP contribution < -0.4 is 0 Å². The molecule has 23 heavy (non-hydrogen) atoms. The van der Waals surface area contributed by atoms with E-state index in [-0.39, 0.29) is 0 Å². The van der Waals surface area contributed by atoms with Crippen LogP contribution in [0.2, 0.25) is 0 Å². The molecule has 0 aromatic carbocycles. The molecule has 0 radical (unpaired) electrons. The number of amides is 4. The maximum absolute atomic E-state index is 11.9. The molecule has 9 heteroatoms. The Bertz CT molecular complexity index is 597. The first-order valence-corrected chi connectivity index (χ1v) is 6.60. The van der Waals surface area contributed by atoms with Crippen LogP contribution in [0, 0.1) is 0 Å². The van der Waals surface area contributed by atoms with Gasteiger partial charge in [-0.05, 0) is 13.8 Å². The van der Waals surface area contributed by atoms with E-state index in [1.807, 2.05) is 0 Å². The standard InChI is InChI=1S/C14H12N2O7/c1-7(15-9(17)3-4-10(15)18)13(21)23-14(22)8(2)16-11(19)5-6-12(16)20/h3-8H,1-2H3. The van der Waals surface area contributed by atoms with E-state index in [1.165, 1.54) is 13.8 Å². The fraction of sp³-hybridized carbons (Fsp3) is 0.286. The maximum atomic E-state index is 11.9. The summed E-state index contributed by atoms with van der Waals surface area (Å²) in [6.07, 6.45) is 3.96. The Morgan fingerprint density at radius 1 is 0.739 bits per heavy atom. The Morgan fingerprint density at radius 2 is 1.00 bits per heavy atom. The van der Waals surface area contributed by atoms with E-state index in [9.17, 15) is 28.8 Å².